The van der Waals surface area contributed by atoms with Gasteiger partial charge >= 0.3 is 5.91 Å². The fourth-order valence-corrected chi connectivity index (χ4v) is 2.07. The number of amides is 1. The van der Waals surface area contributed by atoms with E-state index in [1.165, 1.54) is 12.1 Å². The van der Waals surface area contributed by atoms with Crippen molar-refractivity contribution in [1.82, 2.24) is 0 Å². The highest BCUT2D eigenvalue weighted by Gasteiger charge is 2.20. The van der Waals surface area contributed by atoms with Gasteiger partial charge in [0.05, 0.1) is 4.92 Å². The lowest BCUT2D eigenvalue weighted by atomic mass is 10.2. The summed E-state index contributed by atoms with van der Waals surface area (Å²) in [6, 6.07) is 15.3. The Kier molecular flexibility index (Phi) is 4.29. The lowest BCUT2D eigenvalue weighted by Gasteiger charge is -1.98. The first-order chi connectivity index (χ1) is 11.6. The number of carbonyl (C=O) groups excluding carboxylic acids is 1. The van der Waals surface area contributed by atoms with Crippen molar-refractivity contribution < 1.29 is 14.5 Å². The molecule has 1 heterocycles. The summed E-state index contributed by atoms with van der Waals surface area (Å²) < 4.78 is 5.43. The third-order valence-corrected chi connectivity index (χ3v) is 3.26. The summed E-state index contributed by atoms with van der Waals surface area (Å²) in [6.07, 6.45) is 4.84. The molecule has 0 saturated carbocycles. The van der Waals surface area contributed by atoms with Gasteiger partial charge in [0, 0.05) is 18.2 Å². The van der Waals surface area contributed by atoms with Gasteiger partial charge in [-0.25, -0.2) is 0 Å². The number of hydrogen-bond donors (Lipinski definition) is 0. The number of hydrogen-bond acceptors (Lipinski definition) is 4. The van der Waals surface area contributed by atoms with E-state index < -0.39 is 10.8 Å². The van der Waals surface area contributed by atoms with Gasteiger partial charge in [-0.2, -0.15) is 4.99 Å². The van der Waals surface area contributed by atoms with Gasteiger partial charge in [-0.1, -0.05) is 30.3 Å². The Balaban J connectivity index is 1.70. The van der Waals surface area contributed by atoms with Crippen LogP contribution in [0, 0.1) is 10.1 Å². The van der Waals surface area contributed by atoms with Crippen LogP contribution in [0.4, 0.5) is 5.69 Å². The molecule has 3 rings (SSSR count). The van der Waals surface area contributed by atoms with Crippen molar-refractivity contribution in [2.75, 3.05) is 0 Å². The molecule has 1 aliphatic heterocycles. The molecule has 2 aromatic rings. The van der Waals surface area contributed by atoms with Crippen LogP contribution in [0.3, 0.4) is 0 Å². The zero-order valence-electron chi connectivity index (χ0n) is 12.5. The highest BCUT2D eigenvalue weighted by molar-refractivity contribution is 6.13. The van der Waals surface area contributed by atoms with Gasteiger partial charge in [0.25, 0.3) is 5.69 Å². The Bertz CT molecular complexity index is 866. The smallest absolute Gasteiger partial charge is 0.316 e. The molecule has 118 valence electrons. The molecule has 1 amide bonds. The molecule has 6 nitrogen and oxygen atoms in total. The van der Waals surface area contributed by atoms with Gasteiger partial charge in [0.15, 0.2) is 5.76 Å². The third kappa shape index (κ3) is 3.61. The van der Waals surface area contributed by atoms with E-state index in [1.54, 1.807) is 30.4 Å². The average molecular weight is 320 g/mol. The minimum atomic E-state index is -0.461. The van der Waals surface area contributed by atoms with Gasteiger partial charge in [-0.3, -0.25) is 14.9 Å². The molecule has 0 N–H and O–H groups in total. The topological polar surface area (TPSA) is 81.8 Å². The number of nitro groups is 1. The highest BCUT2D eigenvalue weighted by Crippen LogP contribution is 2.17. The Morgan fingerprint density at radius 1 is 0.958 bits per heavy atom. The molecule has 1 aliphatic rings. The second-order valence-corrected chi connectivity index (χ2v) is 4.96. The molecule has 0 unspecified atom stereocenters. The van der Waals surface area contributed by atoms with Gasteiger partial charge in [-0.15, -0.1) is 0 Å². The van der Waals surface area contributed by atoms with Gasteiger partial charge in [-0.05, 0) is 35.4 Å². The molecule has 0 radical (unpaired) electrons. The molecule has 0 aliphatic carbocycles. The second kappa shape index (κ2) is 6.70. The average Bonchev–Trinajstić information content (AvgIpc) is 2.94. The van der Waals surface area contributed by atoms with Crippen molar-refractivity contribution in [2.45, 2.75) is 0 Å². The predicted molar refractivity (Wildman–Crippen MR) is 90.1 cm³/mol. The summed E-state index contributed by atoms with van der Waals surface area (Å²) in [7, 11) is 0. The summed E-state index contributed by atoms with van der Waals surface area (Å²) in [5.74, 6) is -0.104. The molecule has 0 fully saturated rings. The normalized spacial score (nSPS) is 15.6. The maximum absolute atomic E-state index is 11.8. The Morgan fingerprint density at radius 2 is 1.67 bits per heavy atom. The Labute approximate surface area is 137 Å². The molecule has 0 spiro atoms. The first-order valence-corrected chi connectivity index (χ1v) is 7.12. The van der Waals surface area contributed by atoms with Crippen molar-refractivity contribution >= 4 is 29.6 Å². The number of aliphatic imine (C=N–C) groups is 1. The monoisotopic (exact) mass is 320 g/mol. The molecule has 0 bridgehead atoms. The first kappa shape index (κ1) is 15.4. The van der Waals surface area contributed by atoms with Crippen molar-refractivity contribution in [3.8, 4) is 0 Å². The van der Waals surface area contributed by atoms with E-state index in [0.717, 1.165) is 11.1 Å². The molecule has 24 heavy (non-hydrogen) atoms. The number of benzene rings is 2. The van der Waals surface area contributed by atoms with Crippen LogP contribution in [0.15, 0.2) is 71.4 Å². The second-order valence-electron chi connectivity index (χ2n) is 4.96. The SMILES string of the molecule is O=C1N=C(/C=C/c2ccc([N+](=O)[O-])cc2)O/C1=C\c1ccccc1. The summed E-state index contributed by atoms with van der Waals surface area (Å²) in [5, 5.41) is 10.6. The lowest BCUT2D eigenvalue weighted by Crippen LogP contribution is -1.95. The zero-order chi connectivity index (χ0) is 16.9. The van der Waals surface area contributed by atoms with Crippen LogP contribution < -0.4 is 0 Å². The molecule has 0 atom stereocenters. The van der Waals surface area contributed by atoms with Crippen molar-refractivity contribution in [1.29, 1.82) is 0 Å². The third-order valence-electron chi connectivity index (χ3n) is 3.26. The van der Waals surface area contributed by atoms with E-state index in [1.807, 2.05) is 30.3 Å². The number of ether oxygens (including phenoxy) is 1. The van der Waals surface area contributed by atoms with E-state index in [-0.39, 0.29) is 17.3 Å². The van der Waals surface area contributed by atoms with Gasteiger partial charge in [0.2, 0.25) is 5.90 Å². The number of nitrogens with zero attached hydrogens (tertiary/aromatic N) is 2. The first-order valence-electron chi connectivity index (χ1n) is 7.12. The largest absolute Gasteiger partial charge is 0.433 e. The van der Waals surface area contributed by atoms with Crippen molar-refractivity contribution in [3.63, 3.8) is 0 Å². The zero-order valence-corrected chi connectivity index (χ0v) is 12.5. The molecule has 0 aromatic heterocycles. The maximum atomic E-state index is 11.8. The minimum Gasteiger partial charge on any atom is -0.433 e. The van der Waals surface area contributed by atoms with Crippen LogP contribution in [0.1, 0.15) is 11.1 Å². The van der Waals surface area contributed by atoms with Crippen molar-refractivity contribution in [3.05, 3.63) is 87.7 Å². The van der Waals surface area contributed by atoms with E-state index in [2.05, 4.69) is 4.99 Å². The lowest BCUT2D eigenvalue weighted by molar-refractivity contribution is -0.384. The number of carbonyl (C=O) groups is 1. The van der Waals surface area contributed by atoms with E-state index in [9.17, 15) is 14.9 Å². The number of nitro benzene ring substituents is 1. The number of rotatable bonds is 4. The fraction of sp³-hybridized carbons (Fsp3) is 0. The van der Waals surface area contributed by atoms with E-state index >= 15 is 0 Å². The molecule has 6 heteroatoms. The summed E-state index contributed by atoms with van der Waals surface area (Å²) >= 11 is 0. The maximum Gasteiger partial charge on any atom is 0.316 e. The van der Waals surface area contributed by atoms with E-state index in [0.29, 0.717) is 0 Å². The predicted octanol–water partition coefficient (Wildman–Crippen LogP) is 3.60. The Hall–Kier alpha value is -3.54. The van der Waals surface area contributed by atoms with Gasteiger partial charge < -0.3 is 4.74 Å². The molecule has 2 aromatic carbocycles. The van der Waals surface area contributed by atoms with Crippen LogP contribution >= 0.6 is 0 Å². The summed E-state index contributed by atoms with van der Waals surface area (Å²) in [4.78, 5) is 25.8. The molecule has 0 saturated heterocycles. The van der Waals surface area contributed by atoms with Crippen LogP contribution in [-0.2, 0) is 9.53 Å². The van der Waals surface area contributed by atoms with Crippen LogP contribution in [-0.4, -0.2) is 16.7 Å². The standard InChI is InChI=1S/C18H12N2O4/c21-18-16(12-14-4-2-1-3-5-14)24-17(19-18)11-8-13-6-9-15(10-7-13)20(22)23/h1-12H/b11-8+,16-12-. The molecular formula is C18H12N2O4. The molecular weight excluding hydrogens is 308 g/mol. The minimum absolute atomic E-state index is 0.0184. The van der Waals surface area contributed by atoms with Crippen molar-refractivity contribution in [2.24, 2.45) is 4.99 Å². The fourth-order valence-electron chi connectivity index (χ4n) is 2.07. The Morgan fingerprint density at radius 3 is 2.33 bits per heavy atom. The van der Waals surface area contributed by atoms with Crippen LogP contribution in [0.5, 0.6) is 0 Å². The van der Waals surface area contributed by atoms with Crippen LogP contribution in [0.2, 0.25) is 0 Å². The summed E-state index contributed by atoms with van der Waals surface area (Å²) in [5.41, 5.74) is 1.60. The van der Waals surface area contributed by atoms with E-state index in [4.69, 9.17) is 4.74 Å². The quantitative estimate of drug-likeness (QED) is 0.489. The van der Waals surface area contributed by atoms with Gasteiger partial charge in [0.1, 0.15) is 0 Å². The summed E-state index contributed by atoms with van der Waals surface area (Å²) in [6.45, 7) is 0. The number of non-ortho nitro benzene ring substituents is 1. The highest BCUT2D eigenvalue weighted by atomic mass is 16.6. The van der Waals surface area contributed by atoms with Crippen LogP contribution in [0.25, 0.3) is 12.2 Å².